The molecule has 0 amide bonds. The summed E-state index contributed by atoms with van der Waals surface area (Å²) in [4.78, 5) is 11.5. The number of rotatable bonds is 11. The van der Waals surface area contributed by atoms with Crippen LogP contribution >= 0.6 is 0 Å². The van der Waals surface area contributed by atoms with Gasteiger partial charge in [0.25, 0.3) is 0 Å². The third-order valence-electron chi connectivity index (χ3n) is 7.55. The van der Waals surface area contributed by atoms with Crippen LogP contribution in [-0.2, 0) is 22.9 Å². The van der Waals surface area contributed by atoms with E-state index in [9.17, 15) is 23.4 Å². The molecule has 0 aliphatic heterocycles. The Morgan fingerprint density at radius 3 is 2.33 bits per heavy atom. The van der Waals surface area contributed by atoms with E-state index < -0.39 is 22.1 Å². The summed E-state index contributed by atoms with van der Waals surface area (Å²) in [6.45, 7) is 6.29. The fourth-order valence-electron chi connectivity index (χ4n) is 5.56. The van der Waals surface area contributed by atoms with E-state index in [4.69, 9.17) is 0 Å². The molecule has 1 unspecified atom stereocenters. The zero-order valence-corrected chi connectivity index (χ0v) is 23.8. The van der Waals surface area contributed by atoms with Crippen molar-refractivity contribution in [2.45, 2.75) is 56.6 Å². The summed E-state index contributed by atoms with van der Waals surface area (Å²) in [6, 6.07) is 19.9. The van der Waals surface area contributed by atoms with E-state index in [2.05, 4.69) is 43.4 Å². The number of fused-ring (bicyclic) bond motifs is 1. The van der Waals surface area contributed by atoms with Gasteiger partial charge in [0.15, 0.2) is 0 Å². The number of aromatic carboxylic acids is 1. The Kier molecular flexibility index (Phi) is 8.61. The third-order valence-corrected chi connectivity index (χ3v) is 9.36. The zero-order chi connectivity index (χ0) is 28.4. The van der Waals surface area contributed by atoms with Gasteiger partial charge >= 0.3 is 5.97 Å². The minimum atomic E-state index is -3.83. The number of aryl methyl sites for hydroxylation is 1. The number of carboxylic acids is 1. The number of β-amino-alcohol motifs (C(OH)–C–C–N with tert-alkyl or cyclic N) is 1. The fraction of sp³-hybridized carbons (Fsp3) is 0.387. The third kappa shape index (κ3) is 6.94. The lowest BCUT2D eigenvalue weighted by Gasteiger charge is -2.31. The second-order valence-corrected chi connectivity index (χ2v) is 13.4. The number of hydrogen-bond donors (Lipinski definition) is 3. The van der Waals surface area contributed by atoms with Gasteiger partial charge < -0.3 is 15.5 Å². The molecule has 3 aromatic rings. The second-order valence-electron chi connectivity index (χ2n) is 11.3. The van der Waals surface area contributed by atoms with Gasteiger partial charge in [-0.1, -0.05) is 42.5 Å². The molecule has 0 heterocycles. The molecule has 1 aliphatic rings. The van der Waals surface area contributed by atoms with Gasteiger partial charge in [-0.15, -0.1) is 0 Å². The highest BCUT2D eigenvalue weighted by Crippen LogP contribution is 2.32. The Bertz CT molecular complexity index is 1430. The zero-order valence-electron chi connectivity index (χ0n) is 23.0. The number of nitrogens with zero attached hydrogens (tertiary/aromatic N) is 1. The topological polar surface area (TPSA) is 107 Å². The van der Waals surface area contributed by atoms with E-state index in [1.807, 2.05) is 0 Å². The lowest BCUT2D eigenvalue weighted by atomic mass is 9.88. The average molecular weight is 551 g/mol. The lowest BCUT2D eigenvalue weighted by Crippen LogP contribution is -2.47. The van der Waals surface area contributed by atoms with Crippen LogP contribution in [0.2, 0.25) is 0 Å². The van der Waals surface area contributed by atoms with E-state index in [0.717, 1.165) is 24.8 Å². The number of hydrogen-bond acceptors (Lipinski definition) is 5. The molecule has 0 aromatic heterocycles. The number of nitrogens with one attached hydrogen (secondary N) is 1. The molecule has 208 valence electrons. The molecular weight excluding hydrogens is 512 g/mol. The first-order valence-electron chi connectivity index (χ1n) is 13.3. The monoisotopic (exact) mass is 550 g/mol. The highest BCUT2D eigenvalue weighted by atomic mass is 32.2. The summed E-state index contributed by atoms with van der Waals surface area (Å²) in [5.41, 5.74) is 4.99. The largest absolute Gasteiger partial charge is 0.478 e. The molecule has 1 aliphatic carbocycles. The minimum Gasteiger partial charge on any atom is -0.478 e. The molecule has 39 heavy (non-hydrogen) atoms. The van der Waals surface area contributed by atoms with Crippen molar-refractivity contribution < 1.29 is 23.4 Å². The van der Waals surface area contributed by atoms with Crippen LogP contribution in [0.25, 0.3) is 11.1 Å². The SMILES string of the molecule is Cc1cc(S(=O)(=O)N(C)CC(O)CNC(C)(C)CC2Cc3ccccc3C2)ccc1-c1cccc(C(=O)O)c1. The van der Waals surface area contributed by atoms with Crippen molar-refractivity contribution in [3.8, 4) is 11.1 Å². The van der Waals surface area contributed by atoms with E-state index >= 15 is 0 Å². The van der Waals surface area contributed by atoms with E-state index in [1.54, 1.807) is 37.3 Å². The summed E-state index contributed by atoms with van der Waals surface area (Å²) in [5, 5.41) is 23.4. The first-order chi connectivity index (χ1) is 18.4. The smallest absolute Gasteiger partial charge is 0.335 e. The standard InChI is InChI=1S/C31H38N2O5S/c1-21-14-28(12-13-29(21)25-10-7-11-26(17-25)30(35)36)39(37,38)33(4)20-27(34)19-32-31(2,3)18-22-15-23-8-5-6-9-24(23)16-22/h5-14,17,22,27,32,34H,15-16,18-20H2,1-4H3,(H,35,36). The van der Waals surface area contributed by atoms with E-state index in [-0.39, 0.29) is 29.1 Å². The van der Waals surface area contributed by atoms with Crippen molar-refractivity contribution in [3.05, 3.63) is 89.0 Å². The molecule has 3 N–H and O–H groups in total. The number of likely N-dealkylation sites (N-methyl/N-ethyl adjacent to an activating group) is 1. The molecule has 0 spiro atoms. The maximum Gasteiger partial charge on any atom is 0.335 e. The van der Waals surface area contributed by atoms with Gasteiger partial charge in [0.1, 0.15) is 0 Å². The highest BCUT2D eigenvalue weighted by molar-refractivity contribution is 7.89. The van der Waals surface area contributed by atoms with Crippen LogP contribution < -0.4 is 5.32 Å². The normalized spacial score (nSPS) is 14.9. The Balaban J connectivity index is 1.35. The molecule has 1 atom stereocenters. The Hall–Kier alpha value is -3.04. The summed E-state index contributed by atoms with van der Waals surface area (Å²) in [5.74, 6) is -0.473. The molecule has 0 radical (unpaired) electrons. The van der Waals surface area contributed by atoms with Crippen molar-refractivity contribution in [2.75, 3.05) is 20.1 Å². The lowest BCUT2D eigenvalue weighted by molar-refractivity contribution is 0.0697. The molecule has 0 fully saturated rings. The molecule has 4 rings (SSSR count). The molecule has 0 saturated carbocycles. The van der Waals surface area contributed by atoms with E-state index in [0.29, 0.717) is 17.0 Å². The maximum absolute atomic E-state index is 13.3. The van der Waals surface area contributed by atoms with Crippen LogP contribution in [0.1, 0.15) is 47.3 Å². The minimum absolute atomic E-state index is 0.0399. The van der Waals surface area contributed by atoms with Crippen molar-refractivity contribution in [3.63, 3.8) is 0 Å². The molecule has 7 nitrogen and oxygen atoms in total. The molecule has 0 bridgehead atoms. The first-order valence-corrected chi connectivity index (χ1v) is 14.7. The maximum atomic E-state index is 13.3. The van der Waals surface area contributed by atoms with Gasteiger partial charge in [-0.05, 0) is 98.0 Å². The quantitative estimate of drug-likeness (QED) is 0.324. The van der Waals surface area contributed by atoms with Crippen LogP contribution in [0.15, 0.2) is 71.6 Å². The van der Waals surface area contributed by atoms with Gasteiger partial charge in [0.05, 0.1) is 16.6 Å². The van der Waals surface area contributed by atoms with Gasteiger partial charge in [-0.2, -0.15) is 4.31 Å². The molecular formula is C31H38N2O5S. The number of aliphatic hydroxyl groups excluding tert-OH is 1. The van der Waals surface area contributed by atoms with Gasteiger partial charge in [0.2, 0.25) is 10.0 Å². The second kappa shape index (κ2) is 11.6. The van der Waals surface area contributed by atoms with Crippen molar-refractivity contribution in [2.24, 2.45) is 5.92 Å². The predicted molar refractivity (Wildman–Crippen MR) is 153 cm³/mol. The van der Waals surface area contributed by atoms with Gasteiger partial charge in [0, 0.05) is 25.7 Å². The van der Waals surface area contributed by atoms with Crippen molar-refractivity contribution >= 4 is 16.0 Å². The van der Waals surface area contributed by atoms with Crippen LogP contribution in [0, 0.1) is 12.8 Å². The van der Waals surface area contributed by atoms with E-state index in [1.165, 1.54) is 34.6 Å². The molecule has 3 aromatic carbocycles. The van der Waals surface area contributed by atoms with Crippen molar-refractivity contribution in [1.82, 2.24) is 9.62 Å². The Morgan fingerprint density at radius 1 is 1.05 bits per heavy atom. The number of aliphatic hydroxyl groups is 1. The van der Waals surface area contributed by atoms with Crippen LogP contribution in [0.3, 0.4) is 0 Å². The number of carbonyl (C=O) groups is 1. The van der Waals surface area contributed by atoms with Crippen molar-refractivity contribution in [1.29, 1.82) is 0 Å². The van der Waals surface area contributed by atoms with Gasteiger partial charge in [-0.3, -0.25) is 0 Å². The number of benzene rings is 3. The summed E-state index contributed by atoms with van der Waals surface area (Å²) in [6.07, 6.45) is 2.22. The fourth-order valence-corrected chi connectivity index (χ4v) is 6.86. The van der Waals surface area contributed by atoms with Gasteiger partial charge in [-0.25, -0.2) is 13.2 Å². The summed E-state index contributed by atoms with van der Waals surface area (Å²) >= 11 is 0. The summed E-state index contributed by atoms with van der Waals surface area (Å²) < 4.78 is 27.7. The first kappa shape index (κ1) is 29.0. The van der Waals surface area contributed by atoms with Crippen LogP contribution in [-0.4, -0.2) is 60.7 Å². The number of carboxylic acid groups (broad SMARTS) is 1. The number of sulfonamides is 1. The molecule has 0 saturated heterocycles. The highest BCUT2D eigenvalue weighted by Gasteiger charge is 2.29. The predicted octanol–water partition coefficient (Wildman–Crippen LogP) is 4.51. The molecule has 8 heteroatoms. The van der Waals surface area contributed by atoms with Crippen LogP contribution in [0.5, 0.6) is 0 Å². The average Bonchev–Trinajstić information content (AvgIpc) is 3.29. The van der Waals surface area contributed by atoms with Crippen LogP contribution in [0.4, 0.5) is 0 Å². The summed E-state index contributed by atoms with van der Waals surface area (Å²) in [7, 11) is -2.36. The Morgan fingerprint density at radius 2 is 1.72 bits per heavy atom. The Labute approximate surface area is 231 Å².